The van der Waals surface area contributed by atoms with Crippen molar-refractivity contribution >= 4 is 22.6 Å². The first-order chi connectivity index (χ1) is 14.5. The van der Waals surface area contributed by atoms with E-state index in [-0.39, 0.29) is 22.4 Å². The molecular formula is C24H19FN2O3. The number of aryl methyl sites for hydroxylation is 1. The predicted molar refractivity (Wildman–Crippen MR) is 116 cm³/mol. The van der Waals surface area contributed by atoms with Gasteiger partial charge in [0.2, 0.25) is 0 Å². The van der Waals surface area contributed by atoms with Crippen LogP contribution in [0, 0.1) is 5.82 Å². The van der Waals surface area contributed by atoms with Crippen molar-refractivity contribution in [2.45, 2.75) is 0 Å². The lowest BCUT2D eigenvalue weighted by Crippen LogP contribution is -2.21. The normalized spacial score (nSPS) is 10.8. The van der Waals surface area contributed by atoms with Crippen molar-refractivity contribution in [1.82, 2.24) is 4.57 Å². The minimum atomic E-state index is -0.537. The molecule has 1 amide bonds. The second-order valence-electron chi connectivity index (χ2n) is 6.79. The molecular weight excluding hydrogens is 383 g/mol. The van der Waals surface area contributed by atoms with Crippen molar-refractivity contribution in [1.29, 1.82) is 0 Å². The van der Waals surface area contributed by atoms with Gasteiger partial charge in [0.1, 0.15) is 17.4 Å². The number of pyridine rings is 1. The number of hydrogen-bond acceptors (Lipinski definition) is 3. The zero-order valence-electron chi connectivity index (χ0n) is 16.5. The van der Waals surface area contributed by atoms with Crippen LogP contribution < -0.4 is 15.5 Å². The number of anilines is 1. The van der Waals surface area contributed by atoms with Crippen LogP contribution in [-0.2, 0) is 7.05 Å². The van der Waals surface area contributed by atoms with Crippen molar-refractivity contribution in [2.24, 2.45) is 7.05 Å². The topological polar surface area (TPSA) is 60.3 Å². The lowest BCUT2D eigenvalue weighted by Gasteiger charge is -2.18. The van der Waals surface area contributed by atoms with Gasteiger partial charge >= 0.3 is 0 Å². The fraction of sp³-hybridized carbons (Fsp3) is 0.0833. The molecule has 5 nitrogen and oxygen atoms in total. The number of amides is 1. The van der Waals surface area contributed by atoms with Gasteiger partial charge in [-0.3, -0.25) is 9.59 Å². The zero-order valence-corrected chi connectivity index (χ0v) is 16.5. The second kappa shape index (κ2) is 7.83. The summed E-state index contributed by atoms with van der Waals surface area (Å²) >= 11 is 0. The smallest absolute Gasteiger partial charge is 0.256 e. The first-order valence-corrected chi connectivity index (χ1v) is 9.33. The van der Waals surface area contributed by atoms with E-state index in [2.05, 4.69) is 5.32 Å². The summed E-state index contributed by atoms with van der Waals surface area (Å²) in [7, 11) is 3.27. The van der Waals surface area contributed by atoms with Gasteiger partial charge in [0.15, 0.2) is 5.43 Å². The van der Waals surface area contributed by atoms with E-state index in [1.807, 2.05) is 0 Å². The standard InChI is InChI=1S/C24H19FN2O3/c1-27-20-10-6-4-8-18(20)22(28)21(17-7-3-5-9-19(17)25)23(27)26-24(29)15-11-13-16(30-2)14-12-15/h3-14H,1-2H3,(H,26,29). The summed E-state index contributed by atoms with van der Waals surface area (Å²) in [6.45, 7) is 0. The van der Waals surface area contributed by atoms with E-state index in [9.17, 15) is 14.0 Å². The molecule has 0 saturated carbocycles. The van der Waals surface area contributed by atoms with E-state index in [1.54, 1.807) is 79.4 Å². The van der Waals surface area contributed by atoms with Gasteiger partial charge in [0.05, 0.1) is 18.2 Å². The van der Waals surface area contributed by atoms with Crippen molar-refractivity contribution in [3.05, 3.63) is 94.4 Å². The second-order valence-corrected chi connectivity index (χ2v) is 6.79. The van der Waals surface area contributed by atoms with Crippen LogP contribution in [0.1, 0.15) is 10.4 Å². The predicted octanol–water partition coefficient (Wildman–Crippen LogP) is 4.61. The van der Waals surface area contributed by atoms with Gasteiger partial charge in [0.25, 0.3) is 5.91 Å². The minimum Gasteiger partial charge on any atom is -0.497 e. The molecule has 0 aliphatic heterocycles. The summed E-state index contributed by atoms with van der Waals surface area (Å²) in [5, 5.41) is 3.25. The Morgan fingerprint density at radius 1 is 0.967 bits per heavy atom. The van der Waals surface area contributed by atoms with Crippen molar-refractivity contribution in [3.63, 3.8) is 0 Å². The Balaban J connectivity index is 1.92. The number of benzene rings is 3. The first kappa shape index (κ1) is 19.4. The molecule has 4 rings (SSSR count). The van der Waals surface area contributed by atoms with E-state index in [4.69, 9.17) is 4.74 Å². The number of halogens is 1. The van der Waals surface area contributed by atoms with Crippen LogP contribution in [-0.4, -0.2) is 17.6 Å². The summed E-state index contributed by atoms with van der Waals surface area (Å²) in [4.78, 5) is 26.2. The molecule has 1 N–H and O–H groups in total. The molecule has 0 unspecified atom stereocenters. The molecule has 0 saturated heterocycles. The van der Waals surface area contributed by atoms with E-state index in [0.717, 1.165) is 0 Å². The third-order valence-electron chi connectivity index (χ3n) is 5.04. The molecule has 0 atom stereocenters. The molecule has 150 valence electrons. The molecule has 0 radical (unpaired) electrons. The Hall–Kier alpha value is -3.93. The van der Waals surface area contributed by atoms with Gasteiger partial charge in [-0.05, 0) is 42.5 Å². The molecule has 0 fully saturated rings. The van der Waals surface area contributed by atoms with Crippen LogP contribution in [0.2, 0.25) is 0 Å². The molecule has 30 heavy (non-hydrogen) atoms. The number of hydrogen-bond donors (Lipinski definition) is 1. The summed E-state index contributed by atoms with van der Waals surface area (Å²) in [6, 6.07) is 19.7. The van der Waals surface area contributed by atoms with Gasteiger partial charge < -0.3 is 14.6 Å². The lowest BCUT2D eigenvalue weighted by atomic mass is 10.0. The number of rotatable bonds is 4. The number of para-hydroxylation sites is 1. The van der Waals surface area contributed by atoms with Crippen molar-refractivity contribution < 1.29 is 13.9 Å². The number of methoxy groups -OCH3 is 1. The average molecular weight is 402 g/mol. The van der Waals surface area contributed by atoms with Crippen LogP contribution in [0.25, 0.3) is 22.0 Å². The fourth-order valence-electron chi connectivity index (χ4n) is 3.47. The highest BCUT2D eigenvalue weighted by atomic mass is 19.1. The van der Waals surface area contributed by atoms with Crippen LogP contribution in [0.5, 0.6) is 5.75 Å². The molecule has 1 aromatic heterocycles. The van der Waals surface area contributed by atoms with E-state index in [1.165, 1.54) is 12.1 Å². The number of aromatic nitrogens is 1. The third-order valence-corrected chi connectivity index (χ3v) is 5.04. The summed E-state index contributed by atoms with van der Waals surface area (Å²) in [5.41, 5.74) is 0.910. The Morgan fingerprint density at radius 2 is 1.63 bits per heavy atom. The van der Waals surface area contributed by atoms with Gasteiger partial charge in [-0.1, -0.05) is 30.3 Å². The SMILES string of the molecule is COc1ccc(C(=O)Nc2c(-c3ccccc3F)c(=O)c3ccccc3n2C)cc1. The molecule has 6 heteroatoms. The number of ether oxygens (including phenoxy) is 1. The summed E-state index contributed by atoms with van der Waals surface area (Å²) < 4.78 is 21.5. The minimum absolute atomic E-state index is 0.108. The third kappa shape index (κ3) is 3.33. The molecule has 3 aromatic carbocycles. The maximum absolute atomic E-state index is 14.6. The largest absolute Gasteiger partial charge is 0.497 e. The van der Waals surface area contributed by atoms with E-state index in [0.29, 0.717) is 22.2 Å². The van der Waals surface area contributed by atoms with Gasteiger partial charge in [-0.15, -0.1) is 0 Å². The Morgan fingerprint density at radius 3 is 2.33 bits per heavy atom. The maximum Gasteiger partial charge on any atom is 0.256 e. The van der Waals surface area contributed by atoms with Crippen LogP contribution in [0.15, 0.2) is 77.6 Å². The van der Waals surface area contributed by atoms with Gasteiger partial charge in [0, 0.05) is 23.6 Å². The van der Waals surface area contributed by atoms with Gasteiger partial charge in [-0.25, -0.2) is 4.39 Å². The quantitative estimate of drug-likeness (QED) is 0.543. The number of carbonyl (C=O) groups excluding carboxylic acids is 1. The first-order valence-electron chi connectivity index (χ1n) is 9.33. The zero-order chi connectivity index (χ0) is 21.3. The van der Waals surface area contributed by atoms with E-state index < -0.39 is 11.7 Å². The highest BCUT2D eigenvalue weighted by molar-refractivity contribution is 6.07. The number of nitrogens with one attached hydrogen (secondary N) is 1. The number of fused-ring (bicyclic) bond motifs is 1. The monoisotopic (exact) mass is 402 g/mol. The molecule has 0 aliphatic carbocycles. The van der Waals surface area contributed by atoms with Crippen molar-refractivity contribution in [3.8, 4) is 16.9 Å². The average Bonchev–Trinajstić information content (AvgIpc) is 2.78. The fourth-order valence-corrected chi connectivity index (χ4v) is 3.47. The van der Waals surface area contributed by atoms with Crippen molar-refractivity contribution in [2.75, 3.05) is 12.4 Å². The summed E-state index contributed by atoms with van der Waals surface area (Å²) in [5.74, 6) is -0.105. The maximum atomic E-state index is 14.6. The molecule has 0 aliphatic rings. The Labute approximate surface area is 172 Å². The molecule has 4 aromatic rings. The molecule has 0 spiro atoms. The Kier molecular flexibility index (Phi) is 5.06. The summed E-state index contributed by atoms with van der Waals surface area (Å²) in [6.07, 6.45) is 0. The van der Waals surface area contributed by atoms with Crippen LogP contribution >= 0.6 is 0 Å². The molecule has 0 bridgehead atoms. The van der Waals surface area contributed by atoms with E-state index >= 15 is 0 Å². The molecule has 1 heterocycles. The van der Waals surface area contributed by atoms with Crippen LogP contribution in [0.3, 0.4) is 0 Å². The number of carbonyl (C=O) groups is 1. The Bertz CT molecular complexity index is 1310. The lowest BCUT2D eigenvalue weighted by molar-refractivity contribution is 0.102. The van der Waals surface area contributed by atoms with Gasteiger partial charge in [-0.2, -0.15) is 0 Å². The van der Waals surface area contributed by atoms with Crippen LogP contribution in [0.4, 0.5) is 10.2 Å². The highest BCUT2D eigenvalue weighted by Crippen LogP contribution is 2.30. The highest BCUT2D eigenvalue weighted by Gasteiger charge is 2.21. The number of nitrogens with zero attached hydrogens (tertiary/aromatic N) is 1.